The molecular formula is C27H35N3O3S. The largest absolute Gasteiger partial charge is 0.371 e. The monoisotopic (exact) mass is 481 g/mol. The Hall–Kier alpha value is -2.64. The summed E-state index contributed by atoms with van der Waals surface area (Å²) in [5.41, 5.74) is 3.25. The summed E-state index contributed by atoms with van der Waals surface area (Å²) in [7, 11) is -1.63. The summed E-state index contributed by atoms with van der Waals surface area (Å²) in [6, 6.07) is 17.8. The van der Waals surface area contributed by atoms with E-state index in [1.807, 2.05) is 48.3 Å². The molecule has 7 heteroatoms. The van der Waals surface area contributed by atoms with Gasteiger partial charge in [-0.1, -0.05) is 48.5 Å². The highest BCUT2D eigenvalue weighted by atomic mass is 32.2. The van der Waals surface area contributed by atoms with Crippen molar-refractivity contribution in [1.29, 1.82) is 0 Å². The van der Waals surface area contributed by atoms with Crippen LogP contribution < -0.4 is 4.90 Å². The van der Waals surface area contributed by atoms with Gasteiger partial charge in [0.25, 0.3) is 0 Å². The molecule has 0 aliphatic carbocycles. The van der Waals surface area contributed by atoms with Crippen LogP contribution in [0.1, 0.15) is 43.2 Å². The lowest BCUT2D eigenvalue weighted by Gasteiger charge is -2.33. The number of nitrogens with zero attached hydrogens (tertiary/aromatic N) is 3. The third-order valence-corrected chi connectivity index (χ3v) is 8.43. The van der Waals surface area contributed by atoms with Gasteiger partial charge in [-0.05, 0) is 55.4 Å². The quantitative estimate of drug-likeness (QED) is 0.590. The van der Waals surface area contributed by atoms with Crippen LogP contribution in [0.25, 0.3) is 6.08 Å². The van der Waals surface area contributed by atoms with Crippen LogP contribution in [0.3, 0.4) is 0 Å². The molecule has 2 aliphatic rings. The van der Waals surface area contributed by atoms with Crippen molar-refractivity contribution in [3.05, 3.63) is 71.1 Å². The number of rotatable bonds is 7. The third kappa shape index (κ3) is 6.07. The van der Waals surface area contributed by atoms with Gasteiger partial charge in [-0.25, -0.2) is 8.42 Å². The third-order valence-electron chi connectivity index (χ3n) is 6.87. The van der Waals surface area contributed by atoms with Crippen LogP contribution in [-0.4, -0.2) is 56.8 Å². The molecule has 0 bridgehead atoms. The Labute approximate surface area is 203 Å². The number of anilines is 1. The molecule has 182 valence electrons. The van der Waals surface area contributed by atoms with Gasteiger partial charge in [-0.15, -0.1) is 0 Å². The SMILES string of the molecule is CN(Cc1ccccc1N1CCCCC1)C(=O)C1CCN(S(=O)(=O)C=Cc2ccccc2)CC1. The molecule has 6 nitrogen and oxygen atoms in total. The molecule has 0 N–H and O–H groups in total. The Morgan fingerprint density at radius 2 is 1.59 bits per heavy atom. The van der Waals surface area contributed by atoms with E-state index in [4.69, 9.17) is 0 Å². The molecule has 0 saturated carbocycles. The lowest BCUT2D eigenvalue weighted by atomic mass is 9.96. The van der Waals surface area contributed by atoms with Crippen LogP contribution in [0, 0.1) is 5.92 Å². The Bertz CT molecular complexity index is 1090. The highest BCUT2D eigenvalue weighted by Gasteiger charge is 2.31. The Morgan fingerprint density at radius 1 is 0.941 bits per heavy atom. The van der Waals surface area contributed by atoms with Gasteiger partial charge >= 0.3 is 0 Å². The zero-order valence-electron chi connectivity index (χ0n) is 20.0. The fourth-order valence-electron chi connectivity index (χ4n) is 4.90. The summed E-state index contributed by atoms with van der Waals surface area (Å²) in [5, 5.41) is 1.27. The normalized spacial score (nSPS) is 18.3. The van der Waals surface area contributed by atoms with Crippen LogP contribution in [-0.2, 0) is 21.4 Å². The average molecular weight is 482 g/mol. The van der Waals surface area contributed by atoms with Gasteiger partial charge < -0.3 is 9.80 Å². The summed E-state index contributed by atoms with van der Waals surface area (Å²) in [5.74, 6) is -0.0398. The predicted octanol–water partition coefficient (Wildman–Crippen LogP) is 4.35. The molecule has 2 aromatic rings. The fourth-order valence-corrected chi connectivity index (χ4v) is 6.13. The van der Waals surface area contributed by atoms with Crippen LogP contribution in [0.4, 0.5) is 5.69 Å². The lowest BCUT2D eigenvalue weighted by molar-refractivity contribution is -0.135. The molecule has 2 saturated heterocycles. The van der Waals surface area contributed by atoms with Gasteiger partial charge in [-0.2, -0.15) is 4.31 Å². The highest BCUT2D eigenvalue weighted by Crippen LogP contribution is 2.27. The van der Waals surface area contributed by atoms with Crippen molar-refractivity contribution in [3.63, 3.8) is 0 Å². The second kappa shape index (κ2) is 11.2. The van der Waals surface area contributed by atoms with Gasteiger partial charge in [0.05, 0.1) is 0 Å². The van der Waals surface area contributed by atoms with E-state index in [1.54, 1.807) is 6.08 Å². The van der Waals surface area contributed by atoms with E-state index in [1.165, 1.54) is 40.2 Å². The molecule has 0 unspecified atom stereocenters. The van der Waals surface area contributed by atoms with Gasteiger partial charge in [0.1, 0.15) is 0 Å². The predicted molar refractivity (Wildman–Crippen MR) is 138 cm³/mol. The van der Waals surface area contributed by atoms with Gasteiger partial charge in [0.15, 0.2) is 0 Å². The molecule has 0 radical (unpaired) electrons. The van der Waals surface area contributed by atoms with Crippen molar-refractivity contribution in [3.8, 4) is 0 Å². The molecule has 0 atom stereocenters. The number of carbonyl (C=O) groups excluding carboxylic acids is 1. The van der Waals surface area contributed by atoms with Crippen LogP contribution in [0.15, 0.2) is 60.0 Å². The fraction of sp³-hybridized carbons (Fsp3) is 0.444. The van der Waals surface area contributed by atoms with Gasteiger partial charge in [-0.3, -0.25) is 4.79 Å². The summed E-state index contributed by atoms with van der Waals surface area (Å²) in [6.45, 7) is 3.45. The first kappa shape index (κ1) is 24.5. The van der Waals surface area contributed by atoms with Crippen LogP contribution in [0.5, 0.6) is 0 Å². The minimum absolute atomic E-state index is 0.102. The summed E-state index contributed by atoms with van der Waals surface area (Å²) < 4.78 is 27.0. The summed E-state index contributed by atoms with van der Waals surface area (Å²) in [4.78, 5) is 17.4. The highest BCUT2D eigenvalue weighted by molar-refractivity contribution is 7.92. The first-order valence-corrected chi connectivity index (χ1v) is 13.8. The second-order valence-electron chi connectivity index (χ2n) is 9.30. The van der Waals surface area contributed by atoms with Crippen LogP contribution >= 0.6 is 0 Å². The average Bonchev–Trinajstić information content (AvgIpc) is 2.88. The maximum Gasteiger partial charge on any atom is 0.236 e. The van der Waals surface area contributed by atoms with Crippen LogP contribution in [0.2, 0.25) is 0 Å². The zero-order chi connectivity index (χ0) is 24.0. The number of sulfonamides is 1. The Morgan fingerprint density at radius 3 is 2.29 bits per heavy atom. The molecule has 2 heterocycles. The first-order chi connectivity index (χ1) is 16.4. The zero-order valence-corrected chi connectivity index (χ0v) is 20.8. The minimum Gasteiger partial charge on any atom is -0.371 e. The molecular weight excluding hydrogens is 446 g/mol. The van der Waals surface area contributed by atoms with Crippen molar-refractivity contribution >= 4 is 27.7 Å². The number of amides is 1. The molecule has 2 aromatic carbocycles. The molecule has 1 amide bonds. The number of hydrogen-bond acceptors (Lipinski definition) is 4. The second-order valence-corrected chi connectivity index (χ2v) is 11.1. The van der Waals surface area contributed by atoms with E-state index >= 15 is 0 Å². The lowest BCUT2D eigenvalue weighted by Crippen LogP contribution is -2.42. The number of hydrogen-bond donors (Lipinski definition) is 0. The summed E-state index contributed by atoms with van der Waals surface area (Å²) in [6.07, 6.45) is 6.44. The smallest absolute Gasteiger partial charge is 0.236 e. The maximum atomic E-state index is 13.2. The number of benzene rings is 2. The van der Waals surface area contributed by atoms with Crippen molar-refractivity contribution in [2.45, 2.75) is 38.6 Å². The van der Waals surface area contributed by atoms with E-state index in [2.05, 4.69) is 23.1 Å². The van der Waals surface area contributed by atoms with Crippen molar-refractivity contribution in [2.75, 3.05) is 38.1 Å². The molecule has 0 spiro atoms. The number of para-hydroxylation sites is 1. The standard InChI is InChI=1S/C27H35N3O3S/c1-28(22-25-12-6-7-13-26(25)29-17-8-3-9-18-29)27(31)24-14-19-30(20-15-24)34(32,33)21-16-23-10-4-2-5-11-23/h2,4-7,10-13,16,21,24H,3,8-9,14-15,17-20,22H2,1H3. The van der Waals surface area contributed by atoms with Crippen molar-refractivity contribution in [2.24, 2.45) is 5.92 Å². The topological polar surface area (TPSA) is 60.9 Å². The summed E-state index contributed by atoms with van der Waals surface area (Å²) >= 11 is 0. The Kier molecular flexibility index (Phi) is 8.06. The molecule has 34 heavy (non-hydrogen) atoms. The molecule has 2 aliphatic heterocycles. The van der Waals surface area contributed by atoms with Gasteiger partial charge in [0, 0.05) is 56.8 Å². The van der Waals surface area contributed by atoms with E-state index in [0.29, 0.717) is 32.5 Å². The molecule has 0 aromatic heterocycles. The molecule has 2 fully saturated rings. The van der Waals surface area contributed by atoms with E-state index < -0.39 is 10.0 Å². The van der Waals surface area contributed by atoms with E-state index in [9.17, 15) is 13.2 Å². The van der Waals surface area contributed by atoms with E-state index in [0.717, 1.165) is 18.7 Å². The number of piperidine rings is 2. The van der Waals surface area contributed by atoms with Gasteiger partial charge in [0.2, 0.25) is 15.9 Å². The minimum atomic E-state index is -3.50. The van der Waals surface area contributed by atoms with E-state index in [-0.39, 0.29) is 11.8 Å². The van der Waals surface area contributed by atoms with Crippen molar-refractivity contribution < 1.29 is 13.2 Å². The number of carbonyl (C=O) groups is 1. The van der Waals surface area contributed by atoms with Crippen molar-refractivity contribution in [1.82, 2.24) is 9.21 Å². The Balaban J connectivity index is 1.33. The molecule has 4 rings (SSSR count). The first-order valence-electron chi connectivity index (χ1n) is 12.3. The maximum absolute atomic E-state index is 13.2.